The van der Waals surface area contributed by atoms with Crippen LogP contribution in [0.1, 0.15) is 63.0 Å². The maximum Gasteiger partial charge on any atom is 0.270 e. The smallest absolute Gasteiger partial charge is 0.224 e. The number of nitrogens with zero attached hydrogens (tertiary/aromatic N) is 1. The summed E-state index contributed by atoms with van der Waals surface area (Å²) >= 11 is 0. The molecule has 0 heterocycles. The van der Waals surface area contributed by atoms with Crippen molar-refractivity contribution in [2.24, 2.45) is 0 Å². The van der Waals surface area contributed by atoms with Crippen molar-refractivity contribution in [2.75, 3.05) is 13.1 Å². The van der Waals surface area contributed by atoms with E-state index in [1.165, 1.54) is 4.31 Å². The van der Waals surface area contributed by atoms with Crippen molar-refractivity contribution < 1.29 is 16.8 Å². The molecule has 0 saturated carbocycles. The number of unbranched alkanes of at least 4 members (excludes halogenated alkanes) is 5. The predicted molar refractivity (Wildman–Crippen MR) is 137 cm³/mol. The molecule has 1 N–H and O–H groups in total. The predicted octanol–water partition coefficient (Wildman–Crippen LogP) is 4.98. The van der Waals surface area contributed by atoms with Crippen LogP contribution in [0.3, 0.4) is 0 Å². The molecule has 0 saturated heterocycles. The number of hydrogen-bond donors (Lipinski definition) is 1. The van der Waals surface area contributed by atoms with Crippen molar-refractivity contribution in [1.82, 2.24) is 9.03 Å². The van der Waals surface area contributed by atoms with Gasteiger partial charge in [-0.3, -0.25) is 0 Å². The maximum absolute atomic E-state index is 13.2. The molecule has 2 rings (SSSR count). The Morgan fingerprint density at radius 3 is 1.94 bits per heavy atom. The highest BCUT2D eigenvalue weighted by atomic mass is 32.2. The highest BCUT2D eigenvalue weighted by Crippen LogP contribution is 2.17. The summed E-state index contributed by atoms with van der Waals surface area (Å²) in [6, 6.07) is 16.2. The molecule has 0 spiro atoms. The van der Waals surface area contributed by atoms with Crippen LogP contribution < -0.4 is 4.72 Å². The second-order valence-corrected chi connectivity index (χ2v) is 12.0. The lowest BCUT2D eigenvalue weighted by Gasteiger charge is -2.18. The number of hydrogen-bond acceptors (Lipinski definition) is 4. The van der Waals surface area contributed by atoms with Gasteiger partial charge in [0.1, 0.15) is 0 Å². The van der Waals surface area contributed by atoms with Crippen LogP contribution in [-0.4, -0.2) is 34.2 Å². The lowest BCUT2D eigenvalue weighted by atomic mass is 10.2. The minimum Gasteiger partial charge on any atom is -0.224 e. The van der Waals surface area contributed by atoms with Crippen molar-refractivity contribution in [3.8, 4) is 12.0 Å². The van der Waals surface area contributed by atoms with Crippen LogP contribution in [0, 0.1) is 25.8 Å². The Kier molecular flexibility index (Phi) is 11.1. The van der Waals surface area contributed by atoms with Gasteiger partial charge in [0.25, 0.3) is 10.0 Å². The topological polar surface area (TPSA) is 83.6 Å². The SMILES string of the molecule is CCCCCCC#CN(CCCCNS(=O)(=O)c1ccc(C)cc1)S(=O)(=O)c1ccc(C)cc1. The van der Waals surface area contributed by atoms with E-state index in [4.69, 9.17) is 0 Å². The lowest BCUT2D eigenvalue weighted by molar-refractivity contribution is 0.493. The molecule has 0 aliphatic heterocycles. The minimum atomic E-state index is -3.76. The molecule has 0 aromatic heterocycles. The van der Waals surface area contributed by atoms with Gasteiger partial charge in [-0.25, -0.2) is 25.9 Å². The van der Waals surface area contributed by atoms with Gasteiger partial charge >= 0.3 is 0 Å². The molecule has 0 fully saturated rings. The van der Waals surface area contributed by atoms with Gasteiger partial charge in [-0.1, -0.05) is 67.5 Å². The fourth-order valence-corrected chi connectivity index (χ4v) is 5.61. The van der Waals surface area contributed by atoms with Crippen molar-refractivity contribution >= 4 is 20.0 Å². The van der Waals surface area contributed by atoms with Crippen molar-refractivity contribution in [3.05, 3.63) is 59.7 Å². The zero-order chi connectivity index (χ0) is 25.0. The molecule has 0 radical (unpaired) electrons. The Morgan fingerprint density at radius 1 is 0.765 bits per heavy atom. The molecule has 6 nitrogen and oxygen atoms in total. The van der Waals surface area contributed by atoms with Gasteiger partial charge in [0.15, 0.2) is 0 Å². The summed E-state index contributed by atoms with van der Waals surface area (Å²) in [7, 11) is -7.35. The molecular weight excluding hydrogens is 468 g/mol. The standard InChI is InChI=1S/C26H36N2O4S2/c1-4-5-6-7-8-10-21-28(34(31,32)26-18-14-24(3)15-19-26)22-11-9-20-27-33(29,30)25-16-12-23(2)13-17-25/h12-19,27H,4-9,11,20,22H2,1-3H3. The van der Waals surface area contributed by atoms with Gasteiger partial charge in [0, 0.05) is 25.6 Å². The average molecular weight is 505 g/mol. The molecule has 0 aliphatic carbocycles. The first-order chi connectivity index (χ1) is 16.2. The lowest BCUT2D eigenvalue weighted by Crippen LogP contribution is -2.29. The Morgan fingerprint density at radius 2 is 1.35 bits per heavy atom. The van der Waals surface area contributed by atoms with E-state index in [1.807, 2.05) is 13.8 Å². The van der Waals surface area contributed by atoms with Crippen LogP contribution >= 0.6 is 0 Å². The fourth-order valence-electron chi connectivity index (χ4n) is 3.25. The third-order valence-electron chi connectivity index (χ3n) is 5.38. The second-order valence-electron chi connectivity index (χ2n) is 8.41. The monoisotopic (exact) mass is 504 g/mol. The first-order valence-electron chi connectivity index (χ1n) is 11.8. The first-order valence-corrected chi connectivity index (χ1v) is 14.7. The van der Waals surface area contributed by atoms with E-state index >= 15 is 0 Å². The van der Waals surface area contributed by atoms with Crippen LogP contribution in [0.5, 0.6) is 0 Å². The molecule has 0 atom stereocenters. The molecular formula is C26H36N2O4S2. The zero-order valence-corrected chi connectivity index (χ0v) is 22.0. The van der Waals surface area contributed by atoms with Crippen LogP contribution in [0.2, 0.25) is 0 Å². The van der Waals surface area contributed by atoms with Gasteiger partial charge in [-0.05, 0) is 57.4 Å². The average Bonchev–Trinajstić information content (AvgIpc) is 2.80. The van der Waals surface area contributed by atoms with E-state index in [2.05, 4.69) is 23.6 Å². The highest BCUT2D eigenvalue weighted by molar-refractivity contribution is 7.89. The summed E-state index contributed by atoms with van der Waals surface area (Å²) in [6.07, 6.45) is 5.92. The number of nitrogens with one attached hydrogen (secondary N) is 1. The molecule has 34 heavy (non-hydrogen) atoms. The summed E-state index contributed by atoms with van der Waals surface area (Å²) < 4.78 is 54.9. The van der Waals surface area contributed by atoms with Gasteiger partial charge in [0.2, 0.25) is 10.0 Å². The molecule has 0 bridgehead atoms. The van der Waals surface area contributed by atoms with Crippen LogP contribution in [0.25, 0.3) is 0 Å². The number of benzene rings is 2. The van der Waals surface area contributed by atoms with Crippen LogP contribution in [0.15, 0.2) is 58.3 Å². The first kappa shape index (κ1) is 27.9. The molecule has 2 aromatic rings. The van der Waals surface area contributed by atoms with Crippen LogP contribution in [0.4, 0.5) is 0 Å². The third kappa shape index (κ3) is 8.79. The summed E-state index contributed by atoms with van der Waals surface area (Å²) in [4.78, 5) is 0.425. The normalized spacial score (nSPS) is 11.6. The van der Waals surface area contributed by atoms with Crippen LogP contribution in [-0.2, 0) is 20.0 Å². The van der Waals surface area contributed by atoms with E-state index in [1.54, 1.807) is 48.5 Å². The minimum absolute atomic E-state index is 0.199. The maximum atomic E-state index is 13.2. The summed E-state index contributed by atoms with van der Waals surface area (Å²) in [6.45, 7) is 6.36. The Labute approximate surface area is 205 Å². The number of aryl methyl sites for hydroxylation is 2. The van der Waals surface area contributed by atoms with Crippen molar-refractivity contribution in [1.29, 1.82) is 0 Å². The van der Waals surface area contributed by atoms with Gasteiger partial charge in [-0.15, -0.1) is 0 Å². The largest absolute Gasteiger partial charge is 0.270 e. The molecule has 2 aromatic carbocycles. The summed E-state index contributed by atoms with van der Waals surface area (Å²) in [5.74, 6) is 3.01. The zero-order valence-electron chi connectivity index (χ0n) is 20.4. The number of sulfonamides is 2. The Hall–Kier alpha value is -2.34. The van der Waals surface area contributed by atoms with Crippen molar-refractivity contribution in [3.63, 3.8) is 0 Å². The molecule has 0 amide bonds. The highest BCUT2D eigenvalue weighted by Gasteiger charge is 2.22. The molecule has 0 aliphatic rings. The van der Waals surface area contributed by atoms with E-state index in [0.29, 0.717) is 19.3 Å². The van der Waals surface area contributed by atoms with E-state index in [-0.39, 0.29) is 22.9 Å². The molecule has 8 heteroatoms. The second kappa shape index (κ2) is 13.5. The molecule has 186 valence electrons. The van der Waals surface area contributed by atoms with E-state index in [0.717, 1.165) is 36.8 Å². The van der Waals surface area contributed by atoms with E-state index < -0.39 is 20.0 Å². The fraction of sp³-hybridized carbons (Fsp3) is 0.462. The number of rotatable bonds is 13. The third-order valence-corrected chi connectivity index (χ3v) is 8.58. The van der Waals surface area contributed by atoms with Gasteiger partial charge in [0.05, 0.1) is 9.79 Å². The Bertz CT molecular complexity index is 1160. The summed E-state index contributed by atoms with van der Waals surface area (Å²) in [5, 5.41) is 0. The quantitative estimate of drug-likeness (QED) is 0.237. The van der Waals surface area contributed by atoms with Gasteiger partial charge < -0.3 is 0 Å². The molecule has 0 unspecified atom stereocenters. The summed E-state index contributed by atoms with van der Waals surface area (Å²) in [5.41, 5.74) is 1.97. The Balaban J connectivity index is 1.99. The van der Waals surface area contributed by atoms with Gasteiger partial charge in [-0.2, -0.15) is 0 Å². The van der Waals surface area contributed by atoms with E-state index in [9.17, 15) is 16.8 Å². The van der Waals surface area contributed by atoms with Crippen molar-refractivity contribution in [2.45, 2.75) is 75.5 Å².